The van der Waals surface area contributed by atoms with Crippen molar-refractivity contribution < 1.29 is 13.6 Å². The van der Waals surface area contributed by atoms with Crippen molar-refractivity contribution in [1.82, 2.24) is 0 Å². The van der Waals surface area contributed by atoms with Crippen molar-refractivity contribution in [2.45, 2.75) is 39.7 Å². The first-order valence-corrected chi connectivity index (χ1v) is 5.93. The van der Waals surface area contributed by atoms with Gasteiger partial charge in [-0.1, -0.05) is 20.8 Å². The fraction of sp³-hybridized carbons (Fsp3) is 0.500. The maximum absolute atomic E-state index is 13.4. The van der Waals surface area contributed by atoms with Gasteiger partial charge in [-0.3, -0.25) is 4.79 Å². The summed E-state index contributed by atoms with van der Waals surface area (Å²) < 4.78 is 26.1. The Morgan fingerprint density at radius 1 is 1.33 bits per heavy atom. The topological polar surface area (TPSA) is 43.1 Å². The number of Topliss-reactive ketones (excluding diaryl/α,β-unsaturated/α-hetero) is 1. The van der Waals surface area contributed by atoms with E-state index in [0.717, 1.165) is 12.1 Å². The first-order chi connectivity index (χ1) is 8.19. The monoisotopic (exact) mass is 255 g/mol. The number of hydrogen-bond donors (Lipinski definition) is 1. The Morgan fingerprint density at radius 3 is 2.44 bits per heavy atom. The minimum Gasteiger partial charge on any atom is -0.327 e. The van der Waals surface area contributed by atoms with Crippen LogP contribution < -0.4 is 5.73 Å². The van der Waals surface area contributed by atoms with E-state index in [1.165, 1.54) is 0 Å². The Kier molecular flexibility index (Phi) is 4.57. The Morgan fingerprint density at radius 2 is 1.94 bits per heavy atom. The van der Waals surface area contributed by atoms with Crippen molar-refractivity contribution in [2.24, 2.45) is 11.1 Å². The van der Waals surface area contributed by atoms with Crippen LogP contribution in [0.4, 0.5) is 8.78 Å². The lowest BCUT2D eigenvalue weighted by Crippen LogP contribution is -2.29. The molecule has 2 nitrogen and oxygen atoms in total. The van der Waals surface area contributed by atoms with Crippen LogP contribution in [0.3, 0.4) is 0 Å². The van der Waals surface area contributed by atoms with Crippen LogP contribution >= 0.6 is 0 Å². The fourth-order valence-electron chi connectivity index (χ4n) is 1.92. The number of rotatable bonds is 4. The molecule has 100 valence electrons. The summed E-state index contributed by atoms with van der Waals surface area (Å²) in [7, 11) is 0. The molecule has 4 heteroatoms. The average Bonchev–Trinajstić information content (AvgIpc) is 2.13. The largest absolute Gasteiger partial charge is 0.327 e. The highest BCUT2D eigenvalue weighted by atomic mass is 19.1. The number of nitrogens with two attached hydrogens (primary N) is 1. The molecule has 0 heterocycles. The minimum atomic E-state index is -0.831. The second-order valence-corrected chi connectivity index (χ2v) is 5.78. The van der Waals surface area contributed by atoms with Crippen LogP contribution in [-0.4, -0.2) is 11.8 Å². The second-order valence-electron chi connectivity index (χ2n) is 5.78. The molecule has 0 bridgehead atoms. The number of benzene rings is 1. The molecule has 0 aliphatic rings. The van der Waals surface area contributed by atoms with E-state index in [2.05, 4.69) is 0 Å². The summed E-state index contributed by atoms with van der Waals surface area (Å²) in [6.45, 7) is 6.07. The van der Waals surface area contributed by atoms with Crippen molar-refractivity contribution >= 4 is 5.78 Å². The summed E-state index contributed by atoms with van der Waals surface area (Å²) in [6.07, 6.45) is 0.737. The van der Waals surface area contributed by atoms with E-state index in [1.807, 2.05) is 20.8 Å². The van der Waals surface area contributed by atoms with Gasteiger partial charge in [-0.25, -0.2) is 8.78 Å². The lowest BCUT2D eigenvalue weighted by atomic mass is 9.86. The van der Waals surface area contributed by atoms with E-state index in [0.29, 0.717) is 12.5 Å². The predicted octanol–water partition coefficient (Wildman–Crippen LogP) is 3.30. The molecule has 0 spiro atoms. The maximum atomic E-state index is 13.4. The maximum Gasteiger partial charge on any atom is 0.167 e. The molecule has 1 aromatic carbocycles. The highest BCUT2D eigenvalue weighted by Gasteiger charge is 2.20. The summed E-state index contributed by atoms with van der Waals surface area (Å²) in [6, 6.07) is 2.63. The molecule has 0 aliphatic carbocycles. The standard InChI is InChI=1S/C14H19F2NO/c1-14(2,3)8-10(17)7-13(18)11-5-4-9(15)6-12(11)16/h4-6,10H,7-8,17H2,1-3H3. The highest BCUT2D eigenvalue weighted by molar-refractivity contribution is 5.96. The summed E-state index contributed by atoms with van der Waals surface area (Å²) in [4.78, 5) is 11.8. The van der Waals surface area contributed by atoms with Crippen LogP contribution in [0.25, 0.3) is 0 Å². The number of ketones is 1. The van der Waals surface area contributed by atoms with Crippen LogP contribution in [0.1, 0.15) is 44.0 Å². The molecule has 2 N–H and O–H groups in total. The first-order valence-electron chi connectivity index (χ1n) is 5.93. The smallest absolute Gasteiger partial charge is 0.167 e. The summed E-state index contributed by atoms with van der Waals surface area (Å²) >= 11 is 0. The lowest BCUT2D eigenvalue weighted by molar-refractivity contribution is 0.0964. The van der Waals surface area contributed by atoms with E-state index < -0.39 is 11.6 Å². The van der Waals surface area contributed by atoms with Crippen molar-refractivity contribution in [2.75, 3.05) is 0 Å². The predicted molar refractivity (Wildman–Crippen MR) is 67.4 cm³/mol. The van der Waals surface area contributed by atoms with E-state index in [-0.39, 0.29) is 29.2 Å². The zero-order chi connectivity index (χ0) is 13.9. The van der Waals surface area contributed by atoms with E-state index >= 15 is 0 Å². The quantitative estimate of drug-likeness (QED) is 0.839. The normalized spacial score (nSPS) is 13.4. The van der Waals surface area contributed by atoms with Gasteiger partial charge in [-0.05, 0) is 24.0 Å². The van der Waals surface area contributed by atoms with E-state index in [9.17, 15) is 13.6 Å². The number of carbonyl (C=O) groups is 1. The average molecular weight is 255 g/mol. The van der Waals surface area contributed by atoms with Gasteiger partial charge in [0.05, 0.1) is 5.56 Å². The van der Waals surface area contributed by atoms with Crippen LogP contribution in [0, 0.1) is 17.0 Å². The van der Waals surface area contributed by atoms with Crippen molar-refractivity contribution in [3.8, 4) is 0 Å². The molecule has 0 saturated carbocycles. The minimum absolute atomic E-state index is 0.0149. The van der Waals surface area contributed by atoms with Gasteiger partial charge in [0, 0.05) is 18.5 Å². The molecule has 1 unspecified atom stereocenters. The summed E-state index contributed by atoms with van der Waals surface area (Å²) in [5, 5.41) is 0. The van der Waals surface area contributed by atoms with Crippen LogP contribution in [0.5, 0.6) is 0 Å². The van der Waals surface area contributed by atoms with Gasteiger partial charge in [-0.15, -0.1) is 0 Å². The van der Waals surface area contributed by atoms with Gasteiger partial charge >= 0.3 is 0 Å². The second kappa shape index (κ2) is 5.57. The van der Waals surface area contributed by atoms with Crippen molar-refractivity contribution in [3.63, 3.8) is 0 Å². The van der Waals surface area contributed by atoms with E-state index in [4.69, 9.17) is 5.73 Å². The molecular formula is C14H19F2NO. The third kappa shape index (κ3) is 4.53. The molecule has 0 radical (unpaired) electrons. The zero-order valence-electron chi connectivity index (χ0n) is 11.0. The molecule has 18 heavy (non-hydrogen) atoms. The zero-order valence-corrected chi connectivity index (χ0v) is 11.0. The summed E-state index contributed by atoms with van der Waals surface area (Å²) in [5.41, 5.74) is 5.78. The molecule has 0 saturated heterocycles. The molecule has 0 amide bonds. The molecule has 1 rings (SSSR count). The molecule has 0 fully saturated rings. The molecule has 1 atom stereocenters. The molecule has 0 aromatic heterocycles. The van der Waals surface area contributed by atoms with Crippen molar-refractivity contribution in [1.29, 1.82) is 0 Å². The van der Waals surface area contributed by atoms with Crippen molar-refractivity contribution in [3.05, 3.63) is 35.4 Å². The summed E-state index contributed by atoms with van der Waals surface area (Å²) in [5.74, 6) is -1.91. The Hall–Kier alpha value is -1.29. The van der Waals surface area contributed by atoms with Crippen LogP contribution in [0.2, 0.25) is 0 Å². The first kappa shape index (κ1) is 14.8. The van der Waals surface area contributed by atoms with Gasteiger partial charge < -0.3 is 5.73 Å². The van der Waals surface area contributed by atoms with Crippen LogP contribution in [-0.2, 0) is 0 Å². The van der Waals surface area contributed by atoms with Gasteiger partial charge in [-0.2, -0.15) is 0 Å². The Labute approximate surface area is 106 Å². The SMILES string of the molecule is CC(C)(C)CC(N)CC(=O)c1ccc(F)cc1F. The Balaban J connectivity index is 2.71. The molecule has 0 aliphatic heterocycles. The fourth-order valence-corrected chi connectivity index (χ4v) is 1.92. The third-order valence-electron chi connectivity index (χ3n) is 2.55. The van der Waals surface area contributed by atoms with Gasteiger partial charge in [0.2, 0.25) is 0 Å². The molecular weight excluding hydrogens is 236 g/mol. The Bertz CT molecular complexity index is 438. The lowest BCUT2D eigenvalue weighted by Gasteiger charge is -2.22. The van der Waals surface area contributed by atoms with E-state index in [1.54, 1.807) is 0 Å². The van der Waals surface area contributed by atoms with Gasteiger partial charge in [0.1, 0.15) is 11.6 Å². The number of carbonyl (C=O) groups excluding carboxylic acids is 1. The number of hydrogen-bond acceptors (Lipinski definition) is 2. The molecule has 1 aromatic rings. The third-order valence-corrected chi connectivity index (χ3v) is 2.55. The number of halogens is 2. The van der Waals surface area contributed by atoms with Gasteiger partial charge in [0.15, 0.2) is 5.78 Å². The van der Waals surface area contributed by atoms with Gasteiger partial charge in [0.25, 0.3) is 0 Å². The van der Waals surface area contributed by atoms with Crippen LogP contribution in [0.15, 0.2) is 18.2 Å². The highest BCUT2D eigenvalue weighted by Crippen LogP contribution is 2.22.